The van der Waals surface area contributed by atoms with Gasteiger partial charge in [-0.15, -0.1) is 6.58 Å². The van der Waals surface area contributed by atoms with Crippen LogP contribution in [0.15, 0.2) is 24.8 Å². The molecule has 22 heavy (non-hydrogen) atoms. The highest BCUT2D eigenvalue weighted by atomic mass is 16.5. The van der Waals surface area contributed by atoms with Gasteiger partial charge in [-0.25, -0.2) is 0 Å². The lowest BCUT2D eigenvalue weighted by Gasteiger charge is -2.37. The van der Waals surface area contributed by atoms with Gasteiger partial charge in [-0.05, 0) is 75.5 Å². The van der Waals surface area contributed by atoms with Crippen LogP contribution in [0.5, 0.6) is 0 Å². The van der Waals surface area contributed by atoms with Crippen LogP contribution in [0.3, 0.4) is 0 Å². The van der Waals surface area contributed by atoms with Crippen LogP contribution >= 0.6 is 0 Å². The zero-order valence-electron chi connectivity index (χ0n) is 14.6. The van der Waals surface area contributed by atoms with Crippen molar-refractivity contribution in [3.63, 3.8) is 0 Å². The van der Waals surface area contributed by atoms with E-state index in [9.17, 15) is 0 Å². The molecule has 0 saturated heterocycles. The summed E-state index contributed by atoms with van der Waals surface area (Å²) in [5.74, 6) is 2.86. The zero-order valence-corrected chi connectivity index (χ0v) is 14.6. The molecule has 0 amide bonds. The van der Waals surface area contributed by atoms with Gasteiger partial charge in [-0.1, -0.05) is 38.0 Å². The maximum absolute atomic E-state index is 5.82. The fourth-order valence-corrected chi connectivity index (χ4v) is 4.35. The van der Waals surface area contributed by atoms with Crippen LogP contribution in [-0.2, 0) is 4.74 Å². The third-order valence-corrected chi connectivity index (χ3v) is 5.78. The predicted octanol–water partition coefficient (Wildman–Crippen LogP) is 6.30. The van der Waals surface area contributed by atoms with Crippen LogP contribution in [-0.4, -0.2) is 12.7 Å². The molecule has 0 aromatic carbocycles. The van der Waals surface area contributed by atoms with Gasteiger partial charge < -0.3 is 4.74 Å². The Morgan fingerprint density at radius 1 is 0.955 bits per heavy atom. The Hall–Kier alpha value is -0.560. The van der Waals surface area contributed by atoms with E-state index in [1.54, 1.807) is 0 Å². The summed E-state index contributed by atoms with van der Waals surface area (Å²) in [6.45, 7) is 6.74. The molecule has 2 aliphatic rings. The molecule has 0 radical (unpaired) electrons. The van der Waals surface area contributed by atoms with Crippen molar-refractivity contribution in [3.05, 3.63) is 24.8 Å². The van der Waals surface area contributed by atoms with Crippen molar-refractivity contribution in [2.75, 3.05) is 6.61 Å². The molecule has 0 aromatic heterocycles. The van der Waals surface area contributed by atoms with Gasteiger partial charge in [0.15, 0.2) is 0 Å². The summed E-state index contributed by atoms with van der Waals surface area (Å²) in [4.78, 5) is 0. The Morgan fingerprint density at radius 2 is 1.59 bits per heavy atom. The van der Waals surface area contributed by atoms with Crippen LogP contribution in [0.1, 0.15) is 77.6 Å². The van der Waals surface area contributed by atoms with E-state index in [2.05, 4.69) is 25.7 Å². The molecule has 0 atom stereocenters. The first kappa shape index (κ1) is 17.8. The second-order valence-corrected chi connectivity index (χ2v) is 7.40. The topological polar surface area (TPSA) is 9.23 Å². The molecule has 2 saturated carbocycles. The van der Waals surface area contributed by atoms with Crippen molar-refractivity contribution in [3.8, 4) is 0 Å². The second kappa shape index (κ2) is 10.3. The van der Waals surface area contributed by atoms with Crippen LogP contribution < -0.4 is 0 Å². The Kier molecular flexibility index (Phi) is 8.30. The molecule has 0 N–H and O–H groups in total. The number of unbranched alkanes of at least 4 members (excludes halogenated alkanes) is 2. The van der Waals surface area contributed by atoms with Crippen LogP contribution in [0.4, 0.5) is 0 Å². The molecule has 0 aromatic rings. The number of hydrogen-bond acceptors (Lipinski definition) is 1. The summed E-state index contributed by atoms with van der Waals surface area (Å²) in [5, 5.41) is 0. The van der Waals surface area contributed by atoms with Crippen LogP contribution in [0.25, 0.3) is 0 Å². The third-order valence-electron chi connectivity index (χ3n) is 5.78. The third kappa shape index (κ3) is 5.91. The monoisotopic (exact) mass is 304 g/mol. The molecule has 2 fully saturated rings. The van der Waals surface area contributed by atoms with Crippen molar-refractivity contribution >= 4 is 0 Å². The summed E-state index contributed by atoms with van der Waals surface area (Å²) in [6, 6.07) is 0. The second-order valence-electron chi connectivity index (χ2n) is 7.40. The van der Waals surface area contributed by atoms with E-state index in [0.717, 1.165) is 24.4 Å². The van der Waals surface area contributed by atoms with Crippen molar-refractivity contribution < 1.29 is 4.74 Å². The Balaban J connectivity index is 1.63. The minimum Gasteiger partial charge on any atom is -0.374 e. The highest BCUT2D eigenvalue weighted by Crippen LogP contribution is 2.40. The predicted molar refractivity (Wildman–Crippen MR) is 96.0 cm³/mol. The Morgan fingerprint density at radius 3 is 2.18 bits per heavy atom. The zero-order chi connectivity index (χ0) is 15.6. The minimum atomic E-state index is 0.507. The molecular formula is C21H36O. The quantitative estimate of drug-likeness (QED) is 0.377. The first-order valence-electron chi connectivity index (χ1n) is 9.72. The lowest BCUT2D eigenvalue weighted by atomic mass is 9.70. The van der Waals surface area contributed by atoms with E-state index in [1.807, 2.05) is 6.08 Å². The summed E-state index contributed by atoms with van der Waals surface area (Å²) >= 11 is 0. The van der Waals surface area contributed by atoms with Crippen LogP contribution in [0, 0.1) is 17.8 Å². The molecule has 126 valence electrons. The SMILES string of the molecule is C=CCOC1CCC(C2CCC(C=CCCCC)CC2)CC1. The highest BCUT2D eigenvalue weighted by Gasteiger charge is 2.30. The summed E-state index contributed by atoms with van der Waals surface area (Å²) in [5.41, 5.74) is 0. The largest absolute Gasteiger partial charge is 0.374 e. The maximum atomic E-state index is 5.82. The molecule has 0 bridgehead atoms. The van der Waals surface area contributed by atoms with E-state index < -0.39 is 0 Å². The first-order chi connectivity index (χ1) is 10.8. The molecule has 1 heteroatoms. The van der Waals surface area contributed by atoms with Gasteiger partial charge in [0.1, 0.15) is 0 Å². The molecule has 0 spiro atoms. The Bertz CT molecular complexity index is 317. The van der Waals surface area contributed by atoms with E-state index in [1.165, 1.54) is 70.6 Å². The van der Waals surface area contributed by atoms with Crippen molar-refractivity contribution in [2.24, 2.45) is 17.8 Å². The van der Waals surface area contributed by atoms with Crippen molar-refractivity contribution in [1.29, 1.82) is 0 Å². The molecule has 0 aliphatic heterocycles. The van der Waals surface area contributed by atoms with E-state index in [4.69, 9.17) is 4.74 Å². The molecule has 0 unspecified atom stereocenters. The smallest absolute Gasteiger partial charge is 0.0648 e. The van der Waals surface area contributed by atoms with Crippen molar-refractivity contribution in [1.82, 2.24) is 0 Å². The van der Waals surface area contributed by atoms with Gasteiger partial charge in [0.05, 0.1) is 12.7 Å². The Labute approximate surface area is 138 Å². The van der Waals surface area contributed by atoms with Crippen LogP contribution in [0.2, 0.25) is 0 Å². The fourth-order valence-electron chi connectivity index (χ4n) is 4.35. The van der Waals surface area contributed by atoms with E-state index >= 15 is 0 Å². The molecular weight excluding hydrogens is 268 g/mol. The summed E-state index contributed by atoms with van der Waals surface area (Å²) in [6.07, 6.45) is 22.4. The molecule has 1 nitrogen and oxygen atoms in total. The molecule has 0 heterocycles. The number of allylic oxidation sites excluding steroid dienone is 2. The standard InChI is InChI=1S/C21H36O/c1-3-5-6-7-8-18-9-11-19(12-10-18)20-13-15-21(16-14-20)22-17-4-2/h4,7-8,18-21H,2-3,5-6,9-17H2,1H3. The van der Waals surface area contributed by atoms with E-state index in [0.29, 0.717) is 6.10 Å². The van der Waals surface area contributed by atoms with Gasteiger partial charge in [-0.3, -0.25) is 0 Å². The van der Waals surface area contributed by atoms with Gasteiger partial charge in [0.2, 0.25) is 0 Å². The average Bonchev–Trinajstić information content (AvgIpc) is 2.58. The maximum Gasteiger partial charge on any atom is 0.0648 e. The number of hydrogen-bond donors (Lipinski definition) is 0. The lowest BCUT2D eigenvalue weighted by molar-refractivity contribution is 0.0220. The molecule has 2 rings (SSSR count). The van der Waals surface area contributed by atoms with Gasteiger partial charge >= 0.3 is 0 Å². The summed E-state index contributed by atoms with van der Waals surface area (Å²) < 4.78 is 5.82. The number of rotatable bonds is 8. The normalized spacial score (nSPS) is 33.1. The van der Waals surface area contributed by atoms with Gasteiger partial charge in [0, 0.05) is 0 Å². The minimum absolute atomic E-state index is 0.507. The fraction of sp³-hybridized carbons (Fsp3) is 0.810. The molecule has 2 aliphatic carbocycles. The summed E-state index contributed by atoms with van der Waals surface area (Å²) in [7, 11) is 0. The number of ether oxygens (including phenoxy) is 1. The average molecular weight is 305 g/mol. The van der Waals surface area contributed by atoms with Gasteiger partial charge in [0.25, 0.3) is 0 Å². The highest BCUT2D eigenvalue weighted by molar-refractivity contribution is 4.92. The van der Waals surface area contributed by atoms with Gasteiger partial charge in [-0.2, -0.15) is 0 Å². The first-order valence-corrected chi connectivity index (χ1v) is 9.72. The lowest BCUT2D eigenvalue weighted by Crippen LogP contribution is -2.28. The van der Waals surface area contributed by atoms with E-state index in [-0.39, 0.29) is 0 Å². The van der Waals surface area contributed by atoms with Crippen molar-refractivity contribution in [2.45, 2.75) is 83.7 Å².